The van der Waals surface area contributed by atoms with Crippen molar-refractivity contribution in [1.82, 2.24) is 0 Å². The molecular weight excluding hydrogens is 246 g/mol. The minimum Gasteiger partial charge on any atom is -0.465 e. The van der Waals surface area contributed by atoms with Gasteiger partial charge in [-0.3, -0.25) is 4.79 Å². The Hall–Kier alpha value is -0.870. The molecule has 1 unspecified atom stereocenters. The van der Waals surface area contributed by atoms with E-state index in [-0.39, 0.29) is 11.2 Å². The molecule has 5 heteroatoms. The van der Waals surface area contributed by atoms with Crippen LogP contribution < -0.4 is 5.73 Å². The van der Waals surface area contributed by atoms with E-state index in [1.54, 1.807) is 32.0 Å². The first-order chi connectivity index (χ1) is 7.54. The fourth-order valence-electron chi connectivity index (χ4n) is 1.12. The second-order valence-electron chi connectivity index (χ2n) is 3.19. The van der Waals surface area contributed by atoms with E-state index in [2.05, 4.69) is 0 Å². The third-order valence-corrected chi connectivity index (χ3v) is 3.30. The molecular formula is C11H14ClNO2S. The molecule has 0 aliphatic carbocycles. The summed E-state index contributed by atoms with van der Waals surface area (Å²) in [5.41, 5.74) is 6.36. The average molecular weight is 260 g/mol. The zero-order chi connectivity index (χ0) is 12.1. The quantitative estimate of drug-likeness (QED) is 0.513. The number of carbonyl (C=O) groups excluding carboxylic acids is 1. The van der Waals surface area contributed by atoms with E-state index >= 15 is 0 Å². The molecule has 88 valence electrons. The molecule has 1 rings (SSSR count). The molecule has 1 aromatic carbocycles. The van der Waals surface area contributed by atoms with Gasteiger partial charge < -0.3 is 10.5 Å². The molecule has 1 aromatic rings. The monoisotopic (exact) mass is 259 g/mol. The predicted octanol–water partition coefficient (Wildman–Crippen LogP) is 2.97. The minimum atomic E-state index is -0.275. The molecule has 0 bridgehead atoms. The average Bonchev–Trinajstić information content (AvgIpc) is 2.22. The standard InChI is InChI=1S/C11H14ClNO2S/c1-3-15-11(14)7(2)16-10-5-4-8(12)6-9(10)13/h4-7H,3,13H2,1-2H3. The molecule has 3 nitrogen and oxygen atoms in total. The van der Waals surface area contributed by atoms with Crippen LogP contribution in [0.2, 0.25) is 5.02 Å². The molecule has 0 spiro atoms. The van der Waals surface area contributed by atoms with Gasteiger partial charge in [-0.2, -0.15) is 0 Å². The lowest BCUT2D eigenvalue weighted by Crippen LogP contribution is -2.16. The topological polar surface area (TPSA) is 52.3 Å². The van der Waals surface area contributed by atoms with E-state index in [0.29, 0.717) is 17.3 Å². The van der Waals surface area contributed by atoms with Crippen molar-refractivity contribution in [3.05, 3.63) is 23.2 Å². The van der Waals surface area contributed by atoms with Crippen molar-refractivity contribution in [2.24, 2.45) is 0 Å². The van der Waals surface area contributed by atoms with Crippen LogP contribution in [-0.4, -0.2) is 17.8 Å². The van der Waals surface area contributed by atoms with Crippen molar-refractivity contribution >= 4 is 35.0 Å². The zero-order valence-corrected chi connectivity index (χ0v) is 10.8. The highest BCUT2D eigenvalue weighted by Gasteiger charge is 2.16. The third kappa shape index (κ3) is 3.61. The lowest BCUT2D eigenvalue weighted by Gasteiger charge is -2.11. The molecule has 0 radical (unpaired) electrons. The molecule has 0 saturated heterocycles. The number of ether oxygens (including phenoxy) is 1. The summed E-state index contributed by atoms with van der Waals surface area (Å²) in [4.78, 5) is 12.3. The fraction of sp³-hybridized carbons (Fsp3) is 0.364. The molecule has 0 aliphatic heterocycles. The van der Waals surface area contributed by atoms with Gasteiger partial charge in [0.2, 0.25) is 0 Å². The van der Waals surface area contributed by atoms with Gasteiger partial charge in [-0.1, -0.05) is 11.6 Å². The lowest BCUT2D eigenvalue weighted by atomic mass is 10.3. The van der Waals surface area contributed by atoms with Crippen molar-refractivity contribution in [1.29, 1.82) is 0 Å². The molecule has 0 saturated carbocycles. The van der Waals surface area contributed by atoms with E-state index < -0.39 is 0 Å². The first-order valence-corrected chi connectivity index (χ1v) is 6.18. The maximum Gasteiger partial charge on any atom is 0.319 e. The predicted molar refractivity (Wildman–Crippen MR) is 67.8 cm³/mol. The third-order valence-electron chi connectivity index (χ3n) is 1.89. The molecule has 16 heavy (non-hydrogen) atoms. The van der Waals surface area contributed by atoms with Crippen LogP contribution in [0.3, 0.4) is 0 Å². The van der Waals surface area contributed by atoms with Gasteiger partial charge in [-0.25, -0.2) is 0 Å². The van der Waals surface area contributed by atoms with Gasteiger partial charge in [-0.05, 0) is 32.0 Å². The highest BCUT2D eigenvalue weighted by molar-refractivity contribution is 8.00. The Morgan fingerprint density at radius 1 is 1.62 bits per heavy atom. The SMILES string of the molecule is CCOC(=O)C(C)Sc1ccc(Cl)cc1N. The number of anilines is 1. The largest absolute Gasteiger partial charge is 0.465 e. The summed E-state index contributed by atoms with van der Waals surface area (Å²) in [5.74, 6) is -0.234. The van der Waals surface area contributed by atoms with Crippen LogP contribution in [0.5, 0.6) is 0 Å². The number of nitrogen functional groups attached to an aromatic ring is 1. The summed E-state index contributed by atoms with van der Waals surface area (Å²) >= 11 is 7.15. The van der Waals surface area contributed by atoms with Crippen LogP contribution in [0.15, 0.2) is 23.1 Å². The second kappa shape index (κ2) is 6.01. The van der Waals surface area contributed by atoms with E-state index in [9.17, 15) is 4.79 Å². The summed E-state index contributed by atoms with van der Waals surface area (Å²) in [6.07, 6.45) is 0. The second-order valence-corrected chi connectivity index (χ2v) is 5.01. The molecule has 0 amide bonds. The van der Waals surface area contributed by atoms with Crippen LogP contribution in [-0.2, 0) is 9.53 Å². The lowest BCUT2D eigenvalue weighted by molar-refractivity contribution is -0.142. The van der Waals surface area contributed by atoms with Crippen molar-refractivity contribution in [3.8, 4) is 0 Å². The van der Waals surface area contributed by atoms with Crippen LogP contribution in [0.1, 0.15) is 13.8 Å². The molecule has 2 N–H and O–H groups in total. The smallest absolute Gasteiger partial charge is 0.319 e. The molecule has 0 aliphatic rings. The number of thioether (sulfide) groups is 1. The summed E-state index contributed by atoms with van der Waals surface area (Å²) < 4.78 is 4.91. The van der Waals surface area contributed by atoms with Crippen LogP contribution in [0, 0.1) is 0 Å². The number of hydrogen-bond acceptors (Lipinski definition) is 4. The molecule has 1 atom stereocenters. The van der Waals surface area contributed by atoms with Gasteiger partial charge >= 0.3 is 5.97 Å². The minimum absolute atomic E-state index is 0.234. The van der Waals surface area contributed by atoms with E-state index in [1.807, 2.05) is 0 Å². The zero-order valence-electron chi connectivity index (χ0n) is 9.20. The van der Waals surface area contributed by atoms with Crippen molar-refractivity contribution in [2.45, 2.75) is 24.0 Å². The Bertz CT molecular complexity index is 384. The Kier molecular flexibility index (Phi) is 4.96. The number of rotatable bonds is 4. The number of benzene rings is 1. The molecule has 0 aromatic heterocycles. The van der Waals surface area contributed by atoms with E-state index in [0.717, 1.165) is 4.90 Å². The van der Waals surface area contributed by atoms with E-state index in [1.165, 1.54) is 11.8 Å². The highest BCUT2D eigenvalue weighted by Crippen LogP contribution is 2.31. The fourth-order valence-corrected chi connectivity index (χ4v) is 2.19. The van der Waals surface area contributed by atoms with Crippen molar-refractivity contribution in [2.75, 3.05) is 12.3 Å². The van der Waals surface area contributed by atoms with Gasteiger partial charge in [0.15, 0.2) is 0 Å². The summed E-state index contributed by atoms with van der Waals surface area (Å²) in [6, 6.07) is 5.22. The Balaban J connectivity index is 2.69. The number of nitrogens with two attached hydrogens (primary N) is 1. The Morgan fingerprint density at radius 2 is 2.31 bits per heavy atom. The molecule has 0 fully saturated rings. The van der Waals surface area contributed by atoms with E-state index in [4.69, 9.17) is 22.1 Å². The van der Waals surface area contributed by atoms with Gasteiger partial charge in [0.05, 0.1) is 6.61 Å². The first kappa shape index (κ1) is 13.2. The van der Waals surface area contributed by atoms with Gasteiger partial charge in [0.25, 0.3) is 0 Å². The maximum absolute atomic E-state index is 11.4. The van der Waals surface area contributed by atoms with Crippen molar-refractivity contribution in [3.63, 3.8) is 0 Å². The van der Waals surface area contributed by atoms with Crippen molar-refractivity contribution < 1.29 is 9.53 Å². The number of halogens is 1. The number of carbonyl (C=O) groups is 1. The Morgan fingerprint density at radius 3 is 2.88 bits per heavy atom. The molecule has 0 heterocycles. The summed E-state index contributed by atoms with van der Waals surface area (Å²) in [7, 11) is 0. The van der Waals surface area contributed by atoms with Crippen LogP contribution >= 0.6 is 23.4 Å². The van der Waals surface area contributed by atoms with Gasteiger partial charge in [-0.15, -0.1) is 11.8 Å². The maximum atomic E-state index is 11.4. The first-order valence-electron chi connectivity index (χ1n) is 4.93. The normalized spacial score (nSPS) is 12.2. The highest BCUT2D eigenvalue weighted by atomic mass is 35.5. The number of esters is 1. The van der Waals surface area contributed by atoms with Crippen LogP contribution in [0.4, 0.5) is 5.69 Å². The number of hydrogen-bond donors (Lipinski definition) is 1. The van der Waals surface area contributed by atoms with Gasteiger partial charge in [0, 0.05) is 15.6 Å². The van der Waals surface area contributed by atoms with Gasteiger partial charge in [0.1, 0.15) is 5.25 Å². The van der Waals surface area contributed by atoms with Crippen LogP contribution in [0.25, 0.3) is 0 Å². The summed E-state index contributed by atoms with van der Waals surface area (Å²) in [5, 5.41) is 0.314. The summed E-state index contributed by atoms with van der Waals surface area (Å²) in [6.45, 7) is 3.96. The Labute approximate surface area is 104 Å².